The molecule has 3 N–H and O–H groups in total. The highest BCUT2D eigenvalue weighted by atomic mass is 16.5. The van der Waals surface area contributed by atoms with E-state index in [2.05, 4.69) is 15.3 Å². The third-order valence-corrected chi connectivity index (χ3v) is 2.74. The maximum absolute atomic E-state index is 6.03. The first-order chi connectivity index (χ1) is 9.61. The highest BCUT2D eigenvalue weighted by Gasteiger charge is 2.15. The second kappa shape index (κ2) is 6.27. The molecule has 0 saturated carbocycles. The smallest absolute Gasteiger partial charge is 0.242 e. The van der Waals surface area contributed by atoms with E-state index in [-0.39, 0.29) is 5.92 Å². The number of nitrogens with two attached hydrogens (primary N) is 1. The van der Waals surface area contributed by atoms with Gasteiger partial charge in [-0.2, -0.15) is 4.98 Å². The summed E-state index contributed by atoms with van der Waals surface area (Å²) in [7, 11) is 0. The molecule has 0 amide bonds. The van der Waals surface area contributed by atoms with E-state index in [1.165, 1.54) is 0 Å². The maximum Gasteiger partial charge on any atom is 0.242 e. The minimum atomic E-state index is 0.193. The van der Waals surface area contributed by atoms with Crippen molar-refractivity contribution in [1.82, 2.24) is 9.97 Å². The lowest BCUT2D eigenvalue weighted by molar-refractivity contribution is 0.326. The van der Waals surface area contributed by atoms with Gasteiger partial charge in [-0.15, -0.1) is 0 Å². The van der Waals surface area contributed by atoms with Crippen molar-refractivity contribution in [2.24, 2.45) is 0 Å². The molecule has 0 spiro atoms. The zero-order chi connectivity index (χ0) is 14.5. The van der Waals surface area contributed by atoms with Gasteiger partial charge in [0.25, 0.3) is 0 Å². The zero-order valence-electron chi connectivity index (χ0n) is 12.0. The number of nitrogens with one attached hydrogen (secondary N) is 1. The molecule has 0 bridgehead atoms. The van der Waals surface area contributed by atoms with E-state index in [1.54, 1.807) is 6.26 Å². The highest BCUT2D eigenvalue weighted by molar-refractivity contribution is 5.67. The Labute approximate surface area is 118 Å². The second-order valence-electron chi connectivity index (χ2n) is 4.67. The fraction of sp³-hybridized carbons (Fsp3) is 0.429. The van der Waals surface area contributed by atoms with E-state index in [4.69, 9.17) is 14.9 Å². The number of hydrogen-bond acceptors (Lipinski definition) is 6. The molecular weight excluding hydrogens is 256 g/mol. The summed E-state index contributed by atoms with van der Waals surface area (Å²) in [5, 5.41) is 3.16. The van der Waals surface area contributed by atoms with E-state index < -0.39 is 0 Å². The van der Waals surface area contributed by atoms with E-state index in [9.17, 15) is 0 Å². The Morgan fingerprint density at radius 3 is 2.80 bits per heavy atom. The molecule has 0 radical (unpaired) electrons. The van der Waals surface area contributed by atoms with Crippen molar-refractivity contribution in [3.8, 4) is 5.88 Å². The van der Waals surface area contributed by atoms with Gasteiger partial charge in [0.05, 0.1) is 19.4 Å². The first-order valence-corrected chi connectivity index (χ1v) is 6.68. The topological polar surface area (TPSA) is 86.2 Å². The van der Waals surface area contributed by atoms with Crippen LogP contribution < -0.4 is 15.8 Å². The molecule has 0 aromatic carbocycles. The number of furan rings is 1. The monoisotopic (exact) mass is 276 g/mol. The van der Waals surface area contributed by atoms with Crippen LogP contribution in [-0.2, 0) is 6.54 Å². The molecular formula is C14H20N4O2. The fourth-order valence-corrected chi connectivity index (χ4v) is 1.69. The molecule has 20 heavy (non-hydrogen) atoms. The number of nitrogens with zero attached hydrogens (tertiary/aromatic N) is 2. The Kier molecular flexibility index (Phi) is 4.45. The molecule has 0 unspecified atom stereocenters. The summed E-state index contributed by atoms with van der Waals surface area (Å²) in [6.45, 7) is 6.97. The number of hydrogen-bond donors (Lipinski definition) is 2. The maximum atomic E-state index is 6.03. The number of anilines is 2. The molecule has 2 aromatic heterocycles. The molecule has 6 nitrogen and oxygen atoms in total. The number of nitrogen functional groups attached to an aromatic ring is 1. The summed E-state index contributed by atoms with van der Waals surface area (Å²) in [6.07, 6.45) is 1.63. The first-order valence-electron chi connectivity index (χ1n) is 6.68. The molecule has 0 saturated heterocycles. The summed E-state index contributed by atoms with van der Waals surface area (Å²) in [4.78, 5) is 8.79. The van der Waals surface area contributed by atoms with Crippen molar-refractivity contribution in [3.05, 3.63) is 30.0 Å². The second-order valence-corrected chi connectivity index (χ2v) is 4.67. The SMILES string of the molecule is CCOc1nc(C(C)C)nc(NCc2ccco2)c1N. The van der Waals surface area contributed by atoms with Crippen LogP contribution in [0.4, 0.5) is 11.5 Å². The van der Waals surface area contributed by atoms with Crippen molar-refractivity contribution in [2.75, 3.05) is 17.7 Å². The summed E-state index contributed by atoms with van der Waals surface area (Å²) in [6, 6.07) is 3.72. The largest absolute Gasteiger partial charge is 0.476 e. The third kappa shape index (κ3) is 3.20. The molecule has 2 aromatic rings. The Morgan fingerprint density at radius 2 is 2.20 bits per heavy atom. The summed E-state index contributed by atoms with van der Waals surface area (Å²) >= 11 is 0. The van der Waals surface area contributed by atoms with Gasteiger partial charge < -0.3 is 20.2 Å². The molecule has 0 aliphatic rings. The quantitative estimate of drug-likeness (QED) is 0.843. The zero-order valence-corrected chi connectivity index (χ0v) is 12.0. The summed E-state index contributed by atoms with van der Waals surface area (Å²) in [5.41, 5.74) is 6.45. The Balaban J connectivity index is 2.25. The van der Waals surface area contributed by atoms with Gasteiger partial charge in [0.1, 0.15) is 17.3 Å². The van der Waals surface area contributed by atoms with Crippen LogP contribution in [0.1, 0.15) is 38.3 Å². The van der Waals surface area contributed by atoms with Crippen molar-refractivity contribution in [3.63, 3.8) is 0 Å². The van der Waals surface area contributed by atoms with Crippen LogP contribution in [0.2, 0.25) is 0 Å². The van der Waals surface area contributed by atoms with Crippen LogP contribution in [0.15, 0.2) is 22.8 Å². The van der Waals surface area contributed by atoms with E-state index in [0.29, 0.717) is 36.4 Å². The van der Waals surface area contributed by atoms with Crippen LogP contribution in [0.5, 0.6) is 5.88 Å². The fourth-order valence-electron chi connectivity index (χ4n) is 1.69. The molecule has 2 heterocycles. The molecule has 0 aliphatic carbocycles. The lowest BCUT2D eigenvalue weighted by Crippen LogP contribution is -2.11. The van der Waals surface area contributed by atoms with Crippen LogP contribution in [-0.4, -0.2) is 16.6 Å². The van der Waals surface area contributed by atoms with Crippen LogP contribution >= 0.6 is 0 Å². The molecule has 2 rings (SSSR count). The molecule has 6 heteroatoms. The molecule has 108 valence electrons. The third-order valence-electron chi connectivity index (χ3n) is 2.74. The predicted octanol–water partition coefficient (Wildman–Crippen LogP) is 2.79. The summed E-state index contributed by atoms with van der Waals surface area (Å²) < 4.78 is 10.7. The Hall–Kier alpha value is -2.24. The van der Waals surface area contributed by atoms with Gasteiger partial charge in [0.2, 0.25) is 5.88 Å². The Morgan fingerprint density at radius 1 is 1.40 bits per heavy atom. The normalized spacial score (nSPS) is 10.8. The number of rotatable bonds is 6. The number of aromatic nitrogens is 2. The van der Waals surface area contributed by atoms with Crippen molar-refractivity contribution >= 4 is 11.5 Å². The first kappa shape index (κ1) is 14.2. The minimum absolute atomic E-state index is 0.193. The Bertz CT molecular complexity index is 553. The standard InChI is InChI=1S/C14H20N4O2/c1-4-19-14-11(15)13(17-12(18-14)9(2)3)16-8-10-6-5-7-20-10/h5-7,9H,4,8,15H2,1-3H3,(H,16,17,18). The van der Waals surface area contributed by atoms with Crippen molar-refractivity contribution < 1.29 is 9.15 Å². The van der Waals surface area contributed by atoms with E-state index >= 15 is 0 Å². The molecule has 0 fully saturated rings. The molecule has 0 atom stereocenters. The predicted molar refractivity (Wildman–Crippen MR) is 77.7 cm³/mol. The van der Waals surface area contributed by atoms with Gasteiger partial charge >= 0.3 is 0 Å². The van der Waals surface area contributed by atoms with Gasteiger partial charge in [0, 0.05) is 5.92 Å². The minimum Gasteiger partial charge on any atom is -0.476 e. The van der Waals surface area contributed by atoms with Crippen LogP contribution in [0, 0.1) is 0 Å². The van der Waals surface area contributed by atoms with Crippen LogP contribution in [0.3, 0.4) is 0 Å². The lowest BCUT2D eigenvalue weighted by atomic mass is 10.2. The van der Waals surface area contributed by atoms with Gasteiger partial charge in [-0.1, -0.05) is 13.8 Å². The van der Waals surface area contributed by atoms with Gasteiger partial charge in [-0.05, 0) is 19.1 Å². The summed E-state index contributed by atoms with van der Waals surface area (Å²) in [5.74, 6) is 2.70. The highest BCUT2D eigenvalue weighted by Crippen LogP contribution is 2.28. The lowest BCUT2D eigenvalue weighted by Gasteiger charge is -2.14. The average molecular weight is 276 g/mol. The van der Waals surface area contributed by atoms with Crippen molar-refractivity contribution in [2.45, 2.75) is 33.2 Å². The van der Waals surface area contributed by atoms with Crippen molar-refractivity contribution in [1.29, 1.82) is 0 Å². The molecule has 0 aliphatic heterocycles. The number of ether oxygens (including phenoxy) is 1. The van der Waals surface area contributed by atoms with Gasteiger partial charge in [-0.25, -0.2) is 4.98 Å². The average Bonchev–Trinajstić information content (AvgIpc) is 2.92. The van der Waals surface area contributed by atoms with E-state index in [1.807, 2.05) is 32.9 Å². The van der Waals surface area contributed by atoms with Gasteiger partial charge in [-0.3, -0.25) is 0 Å². The van der Waals surface area contributed by atoms with Gasteiger partial charge in [0.15, 0.2) is 5.82 Å². The van der Waals surface area contributed by atoms with E-state index in [0.717, 1.165) is 5.76 Å². The van der Waals surface area contributed by atoms with Crippen LogP contribution in [0.25, 0.3) is 0 Å².